The van der Waals surface area contributed by atoms with Gasteiger partial charge in [0.1, 0.15) is 0 Å². The Morgan fingerprint density at radius 1 is 1.60 bits per heavy atom. The van der Waals surface area contributed by atoms with Crippen LogP contribution in [0.4, 0.5) is 0 Å². The molecule has 0 aliphatic heterocycles. The summed E-state index contributed by atoms with van der Waals surface area (Å²) in [6.45, 7) is 1.91. The van der Waals surface area contributed by atoms with E-state index in [1.807, 2.05) is 13.0 Å². The molecule has 0 spiro atoms. The van der Waals surface area contributed by atoms with Crippen molar-refractivity contribution in [2.75, 3.05) is 0 Å². The van der Waals surface area contributed by atoms with Crippen LogP contribution in [0.1, 0.15) is 11.3 Å². The minimum Gasteiger partial charge on any atom is -0.417 e. The van der Waals surface area contributed by atoms with Gasteiger partial charge in [0.25, 0.3) is 0 Å². The van der Waals surface area contributed by atoms with Crippen molar-refractivity contribution in [3.8, 4) is 0 Å². The number of nitrogens with zero attached hydrogens (tertiary/aromatic N) is 1. The average molecular weight is 209 g/mol. The molecule has 0 aromatic carbocycles. The third-order valence-corrected chi connectivity index (χ3v) is 1.02. The molecule has 0 saturated carbocycles. The Kier molecular flexibility index (Phi) is 4.66. The van der Waals surface area contributed by atoms with Crippen molar-refractivity contribution in [3.63, 3.8) is 0 Å². The first-order chi connectivity index (χ1) is 4.33. The number of hydrogen-bond donors (Lipinski definition) is 0. The molecule has 0 atom stereocenters. The Bertz CT molecular complexity index is 225. The fourth-order valence-corrected chi connectivity index (χ4v) is 0.592. The van der Waals surface area contributed by atoms with E-state index in [0.29, 0.717) is 5.69 Å². The molecule has 1 aromatic heterocycles. The number of aromatic nitrogens is 1. The van der Waals surface area contributed by atoms with Gasteiger partial charge in [-0.25, -0.2) is 0 Å². The molecular weight excluding hydrogens is 203 g/mol. The van der Waals surface area contributed by atoms with Crippen molar-refractivity contribution in [1.29, 1.82) is 0 Å². The summed E-state index contributed by atoms with van der Waals surface area (Å²) in [5.41, 5.74) is 1.40. The van der Waals surface area contributed by atoms with Crippen LogP contribution in [0.5, 0.6) is 0 Å². The topological polar surface area (TPSA) is 30.0 Å². The van der Waals surface area contributed by atoms with Crippen LogP contribution < -0.4 is 0 Å². The fraction of sp³-hybridized carbons (Fsp3) is 0.143. The number of aryl methyl sites for hydroxylation is 1. The molecule has 0 fully saturated rings. The molecule has 3 heteroatoms. The summed E-state index contributed by atoms with van der Waals surface area (Å²) in [7, 11) is 0. The van der Waals surface area contributed by atoms with E-state index >= 15 is 0 Å². The normalized spacial score (nSPS) is 8.10. The van der Waals surface area contributed by atoms with Crippen molar-refractivity contribution in [3.05, 3.63) is 29.6 Å². The van der Waals surface area contributed by atoms with Gasteiger partial charge in [0, 0.05) is 45.2 Å². The molecule has 1 radical (unpaired) electrons. The van der Waals surface area contributed by atoms with Gasteiger partial charge in [0.05, 0.1) is 0 Å². The van der Waals surface area contributed by atoms with E-state index in [9.17, 15) is 4.79 Å². The molecule has 1 rings (SSSR count). The van der Waals surface area contributed by atoms with Crippen LogP contribution in [-0.2, 0) is 37.5 Å². The number of hydrogen-bond acceptors (Lipinski definition) is 2. The largest absolute Gasteiger partial charge is 0.417 e. The molecule has 10 heavy (non-hydrogen) atoms. The predicted octanol–water partition coefficient (Wildman–Crippen LogP) is 0.845. The molecule has 0 aliphatic rings. The van der Waals surface area contributed by atoms with Crippen LogP contribution in [0.25, 0.3) is 0 Å². The zero-order valence-corrected chi connectivity index (χ0v) is 8.50. The van der Waals surface area contributed by atoms with Gasteiger partial charge >= 0.3 is 0 Å². The monoisotopic (exact) mass is 209 g/mol. The molecule has 0 N–H and O–H groups in total. The molecular formula is C7H6NOY-. The summed E-state index contributed by atoms with van der Waals surface area (Å²) in [6.07, 6.45) is 3.30. The summed E-state index contributed by atoms with van der Waals surface area (Å²) in [5.74, 6) is 0. The van der Waals surface area contributed by atoms with Gasteiger partial charge in [-0.05, 0) is 0 Å². The van der Waals surface area contributed by atoms with Crippen molar-refractivity contribution in [2.24, 2.45) is 0 Å². The van der Waals surface area contributed by atoms with Crippen LogP contribution in [0.3, 0.4) is 0 Å². The van der Waals surface area contributed by atoms with Crippen molar-refractivity contribution in [2.45, 2.75) is 6.92 Å². The maximum Gasteiger partial charge on any atom is 0.0226 e. The Labute approximate surface area is 84.9 Å². The molecule has 0 unspecified atom stereocenters. The summed E-state index contributed by atoms with van der Waals surface area (Å²) < 4.78 is 0. The predicted molar refractivity (Wildman–Crippen MR) is 33.8 cm³/mol. The first-order valence-corrected chi connectivity index (χ1v) is 2.64. The molecule has 49 valence electrons. The molecule has 1 aromatic rings. The zero-order valence-electron chi connectivity index (χ0n) is 5.66. The van der Waals surface area contributed by atoms with Gasteiger partial charge in [0.2, 0.25) is 0 Å². The minimum absolute atomic E-state index is 0. The molecule has 1 heterocycles. The third kappa shape index (κ3) is 2.67. The zero-order chi connectivity index (χ0) is 6.69. The summed E-state index contributed by atoms with van der Waals surface area (Å²) in [4.78, 5) is 13.7. The van der Waals surface area contributed by atoms with E-state index in [4.69, 9.17) is 0 Å². The summed E-state index contributed by atoms with van der Waals surface area (Å²) in [5, 5.41) is 0. The van der Waals surface area contributed by atoms with E-state index in [1.165, 1.54) is 0 Å². The average Bonchev–Trinajstić information content (AvgIpc) is 1.88. The van der Waals surface area contributed by atoms with E-state index in [-0.39, 0.29) is 32.7 Å². The fourth-order valence-electron chi connectivity index (χ4n) is 0.592. The Hall–Kier alpha value is -0.0761. The second-order valence-electron chi connectivity index (χ2n) is 1.82. The minimum atomic E-state index is 0. The van der Waals surface area contributed by atoms with Crippen molar-refractivity contribution < 1.29 is 37.5 Å². The maximum atomic E-state index is 9.97. The van der Waals surface area contributed by atoms with Gasteiger partial charge < -0.3 is 4.79 Å². The van der Waals surface area contributed by atoms with Gasteiger partial charge in [-0.2, -0.15) is 6.07 Å². The second kappa shape index (κ2) is 4.70. The third-order valence-electron chi connectivity index (χ3n) is 1.02. The van der Waals surface area contributed by atoms with E-state index in [0.717, 1.165) is 5.56 Å². The van der Waals surface area contributed by atoms with Gasteiger partial charge in [-0.3, -0.25) is 4.98 Å². The van der Waals surface area contributed by atoms with E-state index in [1.54, 1.807) is 18.5 Å². The first-order valence-electron chi connectivity index (χ1n) is 2.64. The number of pyridine rings is 1. The summed E-state index contributed by atoms with van der Waals surface area (Å²) in [6, 6.07) is 3.52. The van der Waals surface area contributed by atoms with Crippen molar-refractivity contribution in [1.82, 2.24) is 4.98 Å². The van der Waals surface area contributed by atoms with E-state index in [2.05, 4.69) is 4.98 Å². The quantitative estimate of drug-likeness (QED) is 0.641. The number of carbonyl (C=O) groups excluding carboxylic acids is 1. The van der Waals surface area contributed by atoms with Gasteiger partial charge in [-0.1, -0.05) is 18.7 Å². The molecule has 0 saturated heterocycles. The van der Waals surface area contributed by atoms with Crippen LogP contribution >= 0.6 is 0 Å². The Morgan fingerprint density at radius 2 is 2.30 bits per heavy atom. The molecule has 0 aliphatic carbocycles. The molecule has 0 bridgehead atoms. The van der Waals surface area contributed by atoms with Crippen LogP contribution in [0.2, 0.25) is 0 Å². The van der Waals surface area contributed by atoms with Crippen LogP contribution in [0.15, 0.2) is 18.3 Å². The molecule has 0 amide bonds. The van der Waals surface area contributed by atoms with Crippen LogP contribution in [-0.4, -0.2) is 11.3 Å². The van der Waals surface area contributed by atoms with Crippen LogP contribution in [0, 0.1) is 6.92 Å². The van der Waals surface area contributed by atoms with Gasteiger partial charge in [-0.15, -0.1) is 5.56 Å². The SMILES string of the molecule is Cc1ccnc([C-]=O)c1.[Y]. The molecule has 2 nitrogen and oxygen atoms in total. The van der Waals surface area contributed by atoms with Gasteiger partial charge in [0.15, 0.2) is 0 Å². The van der Waals surface area contributed by atoms with Crippen molar-refractivity contribution >= 4 is 6.29 Å². The summed E-state index contributed by atoms with van der Waals surface area (Å²) >= 11 is 0. The standard InChI is InChI=1S/C7H6NO.Y/c1-6-2-3-8-7(4-6)5-9;/h2-4H,1H3;/q-1;. The van der Waals surface area contributed by atoms with E-state index < -0.39 is 0 Å². The Balaban J connectivity index is 0.000000810. The Morgan fingerprint density at radius 3 is 2.70 bits per heavy atom. The second-order valence-corrected chi connectivity index (χ2v) is 1.82. The number of rotatable bonds is 1. The maximum absolute atomic E-state index is 9.97. The smallest absolute Gasteiger partial charge is 0.0226 e. The first kappa shape index (κ1) is 9.92.